The lowest BCUT2D eigenvalue weighted by Crippen LogP contribution is -2.48. The Morgan fingerprint density at radius 1 is 1.11 bits per heavy atom. The molecule has 1 atom stereocenters. The van der Waals surface area contributed by atoms with E-state index in [4.69, 9.17) is 11.6 Å². The maximum absolute atomic E-state index is 12.9. The zero-order chi connectivity index (χ0) is 19.6. The molecule has 0 saturated heterocycles. The van der Waals surface area contributed by atoms with Crippen molar-refractivity contribution in [1.82, 2.24) is 10.2 Å². The maximum atomic E-state index is 12.9. The zero-order valence-corrected chi connectivity index (χ0v) is 17.2. The van der Waals surface area contributed by atoms with Crippen molar-refractivity contribution in [2.24, 2.45) is 0 Å². The molecule has 27 heavy (non-hydrogen) atoms. The molecule has 2 rings (SSSR count). The lowest BCUT2D eigenvalue weighted by atomic mass is 10.1. The molecule has 2 amide bonds. The second kappa shape index (κ2) is 11.0. The minimum absolute atomic E-state index is 0.0945. The molecule has 2 aromatic carbocycles. The first kappa shape index (κ1) is 21.3. The number of thioether (sulfide) groups is 1. The van der Waals surface area contributed by atoms with Crippen molar-refractivity contribution in [2.75, 3.05) is 12.3 Å². The summed E-state index contributed by atoms with van der Waals surface area (Å²) in [5.41, 5.74) is 0.826. The molecule has 0 aliphatic heterocycles. The molecule has 0 bridgehead atoms. The van der Waals surface area contributed by atoms with E-state index in [2.05, 4.69) is 5.32 Å². The predicted molar refractivity (Wildman–Crippen MR) is 112 cm³/mol. The third-order valence-corrected chi connectivity index (χ3v) is 5.49. The van der Waals surface area contributed by atoms with Crippen LogP contribution in [-0.2, 0) is 16.1 Å². The molecule has 0 heterocycles. The van der Waals surface area contributed by atoms with Gasteiger partial charge in [-0.15, -0.1) is 11.8 Å². The van der Waals surface area contributed by atoms with E-state index in [1.165, 1.54) is 11.8 Å². The van der Waals surface area contributed by atoms with Gasteiger partial charge in [-0.2, -0.15) is 0 Å². The quantitative estimate of drug-likeness (QED) is 0.631. The standard InChI is InChI=1S/C21H25ClN2O2S/c1-3-13-23-21(26)16(2)24(14-17-9-7-8-12-19(17)22)20(25)15-27-18-10-5-4-6-11-18/h4-12,16H,3,13-15H2,1-2H3,(H,23,26). The van der Waals surface area contributed by atoms with Gasteiger partial charge in [0.1, 0.15) is 6.04 Å². The van der Waals surface area contributed by atoms with E-state index in [1.54, 1.807) is 17.9 Å². The van der Waals surface area contributed by atoms with Crippen LogP contribution < -0.4 is 5.32 Å². The third kappa shape index (κ3) is 6.60. The molecule has 4 nitrogen and oxygen atoms in total. The van der Waals surface area contributed by atoms with Crippen molar-refractivity contribution in [3.05, 3.63) is 65.2 Å². The van der Waals surface area contributed by atoms with Gasteiger partial charge in [0.25, 0.3) is 0 Å². The number of rotatable bonds is 9. The second-order valence-electron chi connectivity index (χ2n) is 6.18. The van der Waals surface area contributed by atoms with Gasteiger partial charge in [-0.1, -0.05) is 54.9 Å². The number of hydrogen-bond acceptors (Lipinski definition) is 3. The molecule has 0 fully saturated rings. The highest BCUT2D eigenvalue weighted by atomic mass is 35.5. The van der Waals surface area contributed by atoms with Crippen molar-refractivity contribution in [3.8, 4) is 0 Å². The highest BCUT2D eigenvalue weighted by molar-refractivity contribution is 8.00. The fourth-order valence-electron chi connectivity index (χ4n) is 2.53. The smallest absolute Gasteiger partial charge is 0.242 e. The van der Waals surface area contributed by atoms with E-state index >= 15 is 0 Å². The highest BCUT2D eigenvalue weighted by Gasteiger charge is 2.26. The molecule has 0 aromatic heterocycles. The molecular formula is C21H25ClN2O2S. The average molecular weight is 405 g/mol. The molecule has 1 N–H and O–H groups in total. The van der Waals surface area contributed by atoms with Crippen molar-refractivity contribution >= 4 is 35.2 Å². The van der Waals surface area contributed by atoms with Gasteiger partial charge in [-0.05, 0) is 37.1 Å². The van der Waals surface area contributed by atoms with Crippen LogP contribution in [0.25, 0.3) is 0 Å². The number of nitrogens with one attached hydrogen (secondary N) is 1. The minimum Gasteiger partial charge on any atom is -0.354 e. The van der Waals surface area contributed by atoms with E-state index in [9.17, 15) is 9.59 Å². The molecule has 1 unspecified atom stereocenters. The van der Waals surface area contributed by atoms with E-state index in [0.29, 0.717) is 18.1 Å². The normalized spacial score (nSPS) is 11.7. The number of nitrogens with zero attached hydrogens (tertiary/aromatic N) is 1. The molecule has 0 radical (unpaired) electrons. The number of hydrogen-bond donors (Lipinski definition) is 1. The van der Waals surface area contributed by atoms with Crippen molar-refractivity contribution in [1.29, 1.82) is 0 Å². The van der Waals surface area contributed by atoms with Crippen molar-refractivity contribution in [3.63, 3.8) is 0 Å². The second-order valence-corrected chi connectivity index (χ2v) is 7.64. The highest BCUT2D eigenvalue weighted by Crippen LogP contribution is 2.22. The van der Waals surface area contributed by atoms with Crippen LogP contribution >= 0.6 is 23.4 Å². The zero-order valence-electron chi connectivity index (χ0n) is 15.7. The SMILES string of the molecule is CCCNC(=O)C(C)N(Cc1ccccc1Cl)C(=O)CSc1ccccc1. The van der Waals surface area contributed by atoms with E-state index in [0.717, 1.165) is 16.9 Å². The lowest BCUT2D eigenvalue weighted by Gasteiger charge is -2.29. The molecule has 0 aliphatic carbocycles. The van der Waals surface area contributed by atoms with Gasteiger partial charge >= 0.3 is 0 Å². The Labute approximate surface area is 170 Å². The van der Waals surface area contributed by atoms with E-state index in [1.807, 2.05) is 55.5 Å². The topological polar surface area (TPSA) is 49.4 Å². The Balaban J connectivity index is 2.13. The summed E-state index contributed by atoms with van der Waals surface area (Å²) in [7, 11) is 0. The summed E-state index contributed by atoms with van der Waals surface area (Å²) in [5, 5.41) is 3.46. The summed E-state index contributed by atoms with van der Waals surface area (Å²) in [4.78, 5) is 28.0. The predicted octanol–water partition coefficient (Wildman–Crippen LogP) is 4.38. The number of halogens is 1. The van der Waals surface area contributed by atoms with E-state index in [-0.39, 0.29) is 17.6 Å². The van der Waals surface area contributed by atoms with Crippen LogP contribution in [-0.4, -0.2) is 35.1 Å². The molecule has 0 saturated carbocycles. The molecule has 0 aliphatic rings. The summed E-state index contributed by atoms with van der Waals surface area (Å²) < 4.78 is 0. The van der Waals surface area contributed by atoms with Crippen LogP contribution in [0.4, 0.5) is 0 Å². The number of carbonyl (C=O) groups excluding carboxylic acids is 2. The van der Waals surface area contributed by atoms with Gasteiger partial charge in [0.2, 0.25) is 11.8 Å². The Hall–Kier alpha value is -1.98. The summed E-state index contributed by atoms with van der Waals surface area (Å²) in [5.74, 6) is 0.0183. The first-order chi connectivity index (χ1) is 13.0. The summed E-state index contributed by atoms with van der Waals surface area (Å²) in [6, 6.07) is 16.6. The van der Waals surface area contributed by atoms with Crippen molar-refractivity contribution in [2.45, 2.75) is 37.8 Å². The molecule has 2 aromatic rings. The van der Waals surface area contributed by atoms with Gasteiger partial charge in [-0.3, -0.25) is 9.59 Å². The molecular weight excluding hydrogens is 380 g/mol. The average Bonchev–Trinajstić information content (AvgIpc) is 2.70. The Kier molecular flexibility index (Phi) is 8.69. The van der Waals surface area contributed by atoms with Gasteiger partial charge in [0, 0.05) is 23.0 Å². The van der Waals surface area contributed by atoms with Gasteiger partial charge in [-0.25, -0.2) is 0 Å². The van der Waals surface area contributed by atoms with Crippen LogP contribution in [0.3, 0.4) is 0 Å². The maximum Gasteiger partial charge on any atom is 0.242 e. The fourth-order valence-corrected chi connectivity index (χ4v) is 3.53. The summed E-state index contributed by atoms with van der Waals surface area (Å²) in [6.07, 6.45) is 0.848. The largest absolute Gasteiger partial charge is 0.354 e. The first-order valence-electron chi connectivity index (χ1n) is 9.01. The van der Waals surface area contributed by atoms with E-state index < -0.39 is 6.04 Å². The minimum atomic E-state index is -0.573. The van der Waals surface area contributed by atoms with Gasteiger partial charge in [0.05, 0.1) is 5.75 Å². The van der Waals surface area contributed by atoms with Crippen LogP contribution in [0.5, 0.6) is 0 Å². The Bertz CT molecular complexity index is 755. The molecule has 144 valence electrons. The first-order valence-corrected chi connectivity index (χ1v) is 10.4. The lowest BCUT2D eigenvalue weighted by molar-refractivity contribution is -0.138. The number of carbonyl (C=O) groups is 2. The number of amides is 2. The Morgan fingerprint density at radius 3 is 2.44 bits per heavy atom. The molecule has 6 heteroatoms. The molecule has 0 spiro atoms. The third-order valence-electron chi connectivity index (χ3n) is 4.12. The van der Waals surface area contributed by atoms with Gasteiger partial charge in [0.15, 0.2) is 0 Å². The monoisotopic (exact) mass is 404 g/mol. The van der Waals surface area contributed by atoms with Crippen LogP contribution in [0.1, 0.15) is 25.8 Å². The number of benzene rings is 2. The van der Waals surface area contributed by atoms with Crippen molar-refractivity contribution < 1.29 is 9.59 Å². The fraction of sp³-hybridized carbons (Fsp3) is 0.333. The Morgan fingerprint density at radius 2 is 1.78 bits per heavy atom. The summed E-state index contributed by atoms with van der Waals surface area (Å²) >= 11 is 7.73. The van der Waals surface area contributed by atoms with Gasteiger partial charge < -0.3 is 10.2 Å². The summed E-state index contributed by atoms with van der Waals surface area (Å²) in [6.45, 7) is 4.64. The van der Waals surface area contributed by atoms with Crippen LogP contribution in [0, 0.1) is 0 Å². The van der Waals surface area contributed by atoms with Crippen LogP contribution in [0.15, 0.2) is 59.5 Å². The van der Waals surface area contributed by atoms with Crippen LogP contribution in [0.2, 0.25) is 5.02 Å².